The smallest absolute Gasteiger partial charge is 0.000780 e. The number of hydrogen-bond donors (Lipinski definition) is 1. The van der Waals surface area contributed by atoms with Gasteiger partial charge in [-0.3, -0.25) is 0 Å². The SMILES string of the molecule is CCCCCCCCC1(CNCCC)CCC1. The van der Waals surface area contributed by atoms with Gasteiger partial charge in [0, 0.05) is 6.54 Å². The third-order valence-electron chi connectivity index (χ3n) is 4.40. The molecule has 0 radical (unpaired) electrons. The molecule has 0 heterocycles. The molecule has 102 valence electrons. The molecule has 0 bridgehead atoms. The highest BCUT2D eigenvalue weighted by Crippen LogP contribution is 2.44. The first-order valence-corrected chi connectivity index (χ1v) is 8.04. The molecule has 0 atom stereocenters. The van der Waals surface area contributed by atoms with Crippen LogP contribution in [0, 0.1) is 5.41 Å². The molecule has 0 aromatic rings. The van der Waals surface area contributed by atoms with Crippen LogP contribution in [0.1, 0.15) is 84.5 Å². The quantitative estimate of drug-likeness (QED) is 0.505. The lowest BCUT2D eigenvalue weighted by Crippen LogP contribution is -2.40. The molecule has 1 saturated carbocycles. The summed E-state index contributed by atoms with van der Waals surface area (Å²) in [7, 11) is 0. The van der Waals surface area contributed by atoms with Gasteiger partial charge in [-0.05, 0) is 37.6 Å². The summed E-state index contributed by atoms with van der Waals surface area (Å²) in [5, 5.41) is 3.64. The van der Waals surface area contributed by atoms with Crippen molar-refractivity contribution in [2.45, 2.75) is 84.5 Å². The minimum Gasteiger partial charge on any atom is -0.316 e. The van der Waals surface area contributed by atoms with Crippen molar-refractivity contribution in [1.82, 2.24) is 5.32 Å². The predicted octanol–water partition coefficient (Wildman–Crippen LogP) is 4.91. The molecular formula is C16H33N. The van der Waals surface area contributed by atoms with E-state index in [0.717, 1.165) is 0 Å². The van der Waals surface area contributed by atoms with Crippen LogP contribution in [0.5, 0.6) is 0 Å². The summed E-state index contributed by atoms with van der Waals surface area (Å²) in [6.07, 6.45) is 15.9. The molecule has 1 aliphatic carbocycles. The van der Waals surface area contributed by atoms with E-state index in [1.807, 2.05) is 0 Å². The maximum Gasteiger partial charge on any atom is 0.000780 e. The van der Waals surface area contributed by atoms with Crippen molar-refractivity contribution in [2.75, 3.05) is 13.1 Å². The highest BCUT2D eigenvalue weighted by atomic mass is 14.9. The minimum atomic E-state index is 0.708. The molecule has 0 amide bonds. The number of nitrogens with one attached hydrogen (secondary N) is 1. The van der Waals surface area contributed by atoms with Gasteiger partial charge in [-0.1, -0.05) is 58.8 Å². The third-order valence-corrected chi connectivity index (χ3v) is 4.40. The van der Waals surface area contributed by atoms with Crippen LogP contribution >= 0.6 is 0 Å². The summed E-state index contributed by atoms with van der Waals surface area (Å²) in [4.78, 5) is 0. The van der Waals surface area contributed by atoms with E-state index in [2.05, 4.69) is 19.2 Å². The van der Waals surface area contributed by atoms with E-state index in [9.17, 15) is 0 Å². The highest BCUT2D eigenvalue weighted by molar-refractivity contribution is 4.89. The molecule has 1 nitrogen and oxygen atoms in total. The molecule has 0 saturated heterocycles. The summed E-state index contributed by atoms with van der Waals surface area (Å²) in [5.41, 5.74) is 0.708. The van der Waals surface area contributed by atoms with Crippen LogP contribution in [-0.4, -0.2) is 13.1 Å². The highest BCUT2D eigenvalue weighted by Gasteiger charge is 2.35. The molecule has 1 N–H and O–H groups in total. The Morgan fingerprint density at radius 2 is 1.59 bits per heavy atom. The van der Waals surface area contributed by atoms with Crippen molar-refractivity contribution in [1.29, 1.82) is 0 Å². The molecule has 1 heteroatoms. The average molecular weight is 239 g/mol. The van der Waals surface area contributed by atoms with E-state index in [1.54, 1.807) is 0 Å². The first-order valence-electron chi connectivity index (χ1n) is 8.04. The molecule has 0 aromatic heterocycles. The maximum atomic E-state index is 3.64. The van der Waals surface area contributed by atoms with Gasteiger partial charge in [0.2, 0.25) is 0 Å². The van der Waals surface area contributed by atoms with Crippen molar-refractivity contribution in [3.05, 3.63) is 0 Å². The van der Waals surface area contributed by atoms with Gasteiger partial charge in [0.05, 0.1) is 0 Å². The summed E-state index contributed by atoms with van der Waals surface area (Å²) in [6, 6.07) is 0. The van der Waals surface area contributed by atoms with E-state index in [-0.39, 0.29) is 0 Å². The summed E-state index contributed by atoms with van der Waals surface area (Å²) in [6.45, 7) is 7.05. The molecule has 1 rings (SSSR count). The maximum absolute atomic E-state index is 3.64. The third kappa shape index (κ3) is 5.90. The van der Waals surface area contributed by atoms with Gasteiger partial charge in [-0.25, -0.2) is 0 Å². The van der Waals surface area contributed by atoms with Crippen molar-refractivity contribution in [2.24, 2.45) is 5.41 Å². The van der Waals surface area contributed by atoms with E-state index in [0.29, 0.717) is 5.41 Å². The van der Waals surface area contributed by atoms with Crippen LogP contribution in [0.2, 0.25) is 0 Å². The van der Waals surface area contributed by atoms with E-state index >= 15 is 0 Å². The molecule has 0 aliphatic heterocycles. The van der Waals surface area contributed by atoms with Crippen molar-refractivity contribution in [3.63, 3.8) is 0 Å². The monoisotopic (exact) mass is 239 g/mol. The zero-order valence-electron chi connectivity index (χ0n) is 12.2. The number of unbranched alkanes of at least 4 members (excludes halogenated alkanes) is 5. The second kappa shape index (κ2) is 8.97. The second-order valence-electron chi connectivity index (χ2n) is 6.05. The van der Waals surface area contributed by atoms with Crippen molar-refractivity contribution < 1.29 is 0 Å². The zero-order valence-corrected chi connectivity index (χ0v) is 12.2. The average Bonchev–Trinajstić information content (AvgIpc) is 2.29. The summed E-state index contributed by atoms with van der Waals surface area (Å²) in [5.74, 6) is 0. The van der Waals surface area contributed by atoms with Gasteiger partial charge in [0.15, 0.2) is 0 Å². The second-order valence-corrected chi connectivity index (χ2v) is 6.05. The Hall–Kier alpha value is -0.0400. The molecule has 0 aromatic carbocycles. The molecule has 1 aliphatic rings. The van der Waals surface area contributed by atoms with Crippen molar-refractivity contribution in [3.8, 4) is 0 Å². The first-order chi connectivity index (χ1) is 8.33. The Kier molecular flexibility index (Phi) is 7.92. The Labute approximate surface area is 109 Å². The Balaban J connectivity index is 2.01. The van der Waals surface area contributed by atoms with Crippen LogP contribution in [0.3, 0.4) is 0 Å². The fraction of sp³-hybridized carbons (Fsp3) is 1.00. The van der Waals surface area contributed by atoms with Gasteiger partial charge in [0.25, 0.3) is 0 Å². The normalized spacial score (nSPS) is 18.0. The van der Waals surface area contributed by atoms with E-state index < -0.39 is 0 Å². The van der Waals surface area contributed by atoms with Crippen LogP contribution in [0.4, 0.5) is 0 Å². The number of hydrogen-bond acceptors (Lipinski definition) is 1. The largest absolute Gasteiger partial charge is 0.316 e. The molecular weight excluding hydrogens is 206 g/mol. The van der Waals surface area contributed by atoms with E-state index in [1.165, 1.54) is 83.7 Å². The fourth-order valence-electron chi connectivity index (χ4n) is 3.00. The van der Waals surface area contributed by atoms with Gasteiger partial charge in [-0.15, -0.1) is 0 Å². The number of rotatable bonds is 11. The van der Waals surface area contributed by atoms with Gasteiger partial charge >= 0.3 is 0 Å². The molecule has 17 heavy (non-hydrogen) atoms. The lowest BCUT2D eigenvalue weighted by Gasteiger charge is -2.42. The lowest BCUT2D eigenvalue weighted by molar-refractivity contribution is 0.113. The van der Waals surface area contributed by atoms with Gasteiger partial charge < -0.3 is 5.32 Å². The zero-order chi connectivity index (χ0) is 12.4. The van der Waals surface area contributed by atoms with Crippen LogP contribution in [-0.2, 0) is 0 Å². The first kappa shape index (κ1) is 15.0. The van der Waals surface area contributed by atoms with E-state index in [4.69, 9.17) is 0 Å². The van der Waals surface area contributed by atoms with Crippen LogP contribution in [0.25, 0.3) is 0 Å². The molecule has 0 unspecified atom stereocenters. The van der Waals surface area contributed by atoms with Crippen LogP contribution in [0.15, 0.2) is 0 Å². The molecule has 1 fully saturated rings. The van der Waals surface area contributed by atoms with Crippen molar-refractivity contribution >= 4 is 0 Å². The summed E-state index contributed by atoms with van der Waals surface area (Å²) >= 11 is 0. The topological polar surface area (TPSA) is 12.0 Å². The predicted molar refractivity (Wildman–Crippen MR) is 77.4 cm³/mol. The Morgan fingerprint density at radius 1 is 0.882 bits per heavy atom. The summed E-state index contributed by atoms with van der Waals surface area (Å²) < 4.78 is 0. The van der Waals surface area contributed by atoms with Gasteiger partial charge in [-0.2, -0.15) is 0 Å². The molecule has 0 spiro atoms. The van der Waals surface area contributed by atoms with Crippen LogP contribution < -0.4 is 5.32 Å². The Bertz CT molecular complexity index is 172. The lowest BCUT2D eigenvalue weighted by atomic mass is 9.66. The fourth-order valence-corrected chi connectivity index (χ4v) is 3.00. The standard InChI is InChI=1S/C16H33N/c1-3-5-6-7-8-9-11-16(12-10-13-16)15-17-14-4-2/h17H,3-15H2,1-2H3. The minimum absolute atomic E-state index is 0.708. The van der Waals surface area contributed by atoms with Gasteiger partial charge in [0.1, 0.15) is 0 Å². The Morgan fingerprint density at radius 3 is 2.18 bits per heavy atom.